The zero-order valence-corrected chi connectivity index (χ0v) is 11.9. The Kier molecular flexibility index (Phi) is 3.30. The molecule has 0 aliphatic rings. The van der Waals surface area contributed by atoms with Crippen molar-refractivity contribution in [1.29, 1.82) is 0 Å². The maximum atomic E-state index is 11.3. The minimum atomic E-state index is -1.10. The number of nitrogens with zero attached hydrogens (tertiary/aromatic N) is 1. The molecule has 0 spiro atoms. The number of carbonyl (C=O) groups is 2. The molecule has 7 heteroatoms. The molecule has 1 aromatic carbocycles. The van der Waals surface area contributed by atoms with Gasteiger partial charge in [-0.3, -0.25) is 9.78 Å². The molecule has 0 saturated heterocycles. The first-order chi connectivity index (χ1) is 10.5. The molecule has 2 heterocycles. The van der Waals surface area contributed by atoms with Crippen molar-refractivity contribution in [1.82, 2.24) is 9.97 Å². The molecular formula is C15H10ClN3O3. The Hall–Kier alpha value is -2.86. The van der Waals surface area contributed by atoms with Gasteiger partial charge in [-0.25, -0.2) is 4.79 Å². The zero-order chi connectivity index (χ0) is 15.9. The number of carboxylic acid groups (broad SMARTS) is 1. The average Bonchev–Trinajstić information content (AvgIpc) is 2.91. The minimum absolute atomic E-state index is 0.00724. The van der Waals surface area contributed by atoms with Crippen LogP contribution in [0.4, 0.5) is 0 Å². The molecule has 0 unspecified atom stereocenters. The van der Waals surface area contributed by atoms with Gasteiger partial charge in [0, 0.05) is 22.7 Å². The Balaban J connectivity index is 2.22. The molecule has 0 bridgehead atoms. The number of benzene rings is 1. The number of halogens is 1. The van der Waals surface area contributed by atoms with E-state index < -0.39 is 11.9 Å². The molecule has 0 saturated carbocycles. The first kappa shape index (κ1) is 14.1. The smallest absolute Gasteiger partial charge is 0.337 e. The standard InChI is InChI=1S/C15H10ClN3O3/c16-10-4-7(15(21)22)6-18-13(10)8-2-1-3-11-9(8)5-12(19-11)14(17)20/h1-6,19H,(H2,17,20)(H,21,22). The lowest BCUT2D eigenvalue weighted by molar-refractivity contribution is 0.0696. The maximum absolute atomic E-state index is 11.3. The summed E-state index contributed by atoms with van der Waals surface area (Å²) >= 11 is 6.15. The minimum Gasteiger partial charge on any atom is -0.478 e. The summed E-state index contributed by atoms with van der Waals surface area (Å²) in [6, 6.07) is 8.32. The molecule has 0 fully saturated rings. The number of nitrogens with one attached hydrogen (secondary N) is 1. The van der Waals surface area contributed by atoms with Crippen LogP contribution in [-0.4, -0.2) is 27.0 Å². The van der Waals surface area contributed by atoms with Crippen LogP contribution in [-0.2, 0) is 0 Å². The number of H-pyrrole nitrogens is 1. The topological polar surface area (TPSA) is 109 Å². The molecule has 110 valence electrons. The van der Waals surface area contributed by atoms with Gasteiger partial charge in [0.05, 0.1) is 16.3 Å². The van der Waals surface area contributed by atoms with Crippen LogP contribution in [0, 0.1) is 0 Å². The second-order valence-electron chi connectivity index (χ2n) is 4.67. The predicted octanol–water partition coefficient (Wildman–Crippen LogP) is 2.68. The number of pyridine rings is 1. The fourth-order valence-corrected chi connectivity index (χ4v) is 2.52. The van der Waals surface area contributed by atoms with Crippen molar-refractivity contribution in [3.05, 3.63) is 52.8 Å². The second-order valence-corrected chi connectivity index (χ2v) is 5.08. The van der Waals surface area contributed by atoms with Crippen LogP contribution in [0.2, 0.25) is 5.02 Å². The van der Waals surface area contributed by atoms with Gasteiger partial charge in [-0.1, -0.05) is 23.7 Å². The van der Waals surface area contributed by atoms with Gasteiger partial charge in [-0.05, 0) is 18.2 Å². The van der Waals surface area contributed by atoms with Crippen LogP contribution in [0.25, 0.3) is 22.2 Å². The summed E-state index contributed by atoms with van der Waals surface area (Å²) in [7, 11) is 0. The predicted molar refractivity (Wildman–Crippen MR) is 82.0 cm³/mol. The number of hydrogen-bond donors (Lipinski definition) is 3. The van der Waals surface area contributed by atoms with E-state index >= 15 is 0 Å². The van der Waals surface area contributed by atoms with Gasteiger partial charge < -0.3 is 15.8 Å². The molecule has 3 rings (SSSR count). The number of fused-ring (bicyclic) bond motifs is 1. The van der Waals surface area contributed by atoms with Gasteiger partial charge in [0.15, 0.2) is 0 Å². The molecule has 4 N–H and O–H groups in total. The van der Waals surface area contributed by atoms with E-state index in [1.807, 2.05) is 0 Å². The normalized spacial score (nSPS) is 10.8. The monoisotopic (exact) mass is 315 g/mol. The van der Waals surface area contributed by atoms with Gasteiger partial charge >= 0.3 is 5.97 Å². The average molecular weight is 316 g/mol. The highest BCUT2D eigenvalue weighted by Gasteiger charge is 2.15. The molecule has 6 nitrogen and oxygen atoms in total. The van der Waals surface area contributed by atoms with Crippen molar-refractivity contribution in [3.8, 4) is 11.3 Å². The SMILES string of the molecule is NC(=O)c1cc2c(-c3ncc(C(=O)O)cc3Cl)cccc2[nH]1. The molecule has 0 atom stereocenters. The molecular weight excluding hydrogens is 306 g/mol. The largest absolute Gasteiger partial charge is 0.478 e. The molecule has 0 radical (unpaired) electrons. The first-order valence-electron chi connectivity index (χ1n) is 6.28. The third-order valence-corrected chi connectivity index (χ3v) is 3.56. The van der Waals surface area contributed by atoms with E-state index in [0.717, 1.165) is 5.39 Å². The summed E-state index contributed by atoms with van der Waals surface area (Å²) in [5.74, 6) is -1.67. The number of aromatic amines is 1. The van der Waals surface area contributed by atoms with Crippen LogP contribution in [0.15, 0.2) is 36.5 Å². The van der Waals surface area contributed by atoms with E-state index in [-0.39, 0.29) is 16.3 Å². The van der Waals surface area contributed by atoms with E-state index in [1.54, 1.807) is 24.3 Å². The van der Waals surface area contributed by atoms with Gasteiger partial charge in [0.2, 0.25) is 0 Å². The van der Waals surface area contributed by atoms with Crippen LogP contribution in [0.3, 0.4) is 0 Å². The lowest BCUT2D eigenvalue weighted by Crippen LogP contribution is -2.10. The first-order valence-corrected chi connectivity index (χ1v) is 6.66. The summed E-state index contributed by atoms with van der Waals surface area (Å²) in [4.78, 5) is 29.3. The molecule has 1 amide bonds. The zero-order valence-electron chi connectivity index (χ0n) is 11.1. The number of amides is 1. The maximum Gasteiger partial charge on any atom is 0.337 e. The Bertz CT molecular complexity index is 918. The number of aromatic carboxylic acids is 1. The number of carbonyl (C=O) groups excluding carboxylic acids is 1. The van der Waals surface area contributed by atoms with E-state index in [1.165, 1.54) is 12.3 Å². The van der Waals surface area contributed by atoms with Crippen molar-refractivity contribution < 1.29 is 14.7 Å². The molecule has 0 aliphatic carbocycles. The van der Waals surface area contributed by atoms with E-state index in [0.29, 0.717) is 16.8 Å². The van der Waals surface area contributed by atoms with Gasteiger partial charge in [-0.15, -0.1) is 0 Å². The van der Waals surface area contributed by atoms with Crippen LogP contribution < -0.4 is 5.73 Å². The van der Waals surface area contributed by atoms with Crippen molar-refractivity contribution in [2.75, 3.05) is 0 Å². The number of hydrogen-bond acceptors (Lipinski definition) is 3. The number of nitrogens with two attached hydrogens (primary N) is 1. The number of primary amides is 1. The summed E-state index contributed by atoms with van der Waals surface area (Å²) < 4.78 is 0. The van der Waals surface area contributed by atoms with Crippen molar-refractivity contribution >= 4 is 34.4 Å². The molecule has 3 aromatic rings. The van der Waals surface area contributed by atoms with Crippen molar-refractivity contribution in [2.24, 2.45) is 5.73 Å². The molecule has 2 aromatic heterocycles. The van der Waals surface area contributed by atoms with Crippen LogP contribution in [0.5, 0.6) is 0 Å². The molecule has 22 heavy (non-hydrogen) atoms. The van der Waals surface area contributed by atoms with Gasteiger partial charge in [-0.2, -0.15) is 0 Å². The summed E-state index contributed by atoms with van der Waals surface area (Å²) in [5.41, 5.74) is 7.39. The quantitative estimate of drug-likeness (QED) is 0.690. The highest BCUT2D eigenvalue weighted by molar-refractivity contribution is 6.33. The van der Waals surface area contributed by atoms with Gasteiger partial charge in [0.25, 0.3) is 5.91 Å². The fourth-order valence-electron chi connectivity index (χ4n) is 2.25. The highest BCUT2D eigenvalue weighted by Crippen LogP contribution is 2.32. The van der Waals surface area contributed by atoms with E-state index in [9.17, 15) is 9.59 Å². The van der Waals surface area contributed by atoms with Crippen molar-refractivity contribution in [3.63, 3.8) is 0 Å². The van der Waals surface area contributed by atoms with E-state index in [4.69, 9.17) is 22.4 Å². The van der Waals surface area contributed by atoms with Gasteiger partial charge in [0.1, 0.15) is 5.69 Å². The third kappa shape index (κ3) is 2.29. The Morgan fingerprint density at radius 2 is 2.05 bits per heavy atom. The van der Waals surface area contributed by atoms with E-state index in [2.05, 4.69) is 9.97 Å². The Morgan fingerprint density at radius 1 is 1.27 bits per heavy atom. The summed E-state index contributed by atoms with van der Waals surface area (Å²) in [5, 5.41) is 9.90. The fraction of sp³-hybridized carbons (Fsp3) is 0. The number of aromatic nitrogens is 2. The summed E-state index contributed by atoms with van der Waals surface area (Å²) in [6.07, 6.45) is 1.24. The lowest BCUT2D eigenvalue weighted by atomic mass is 10.1. The second kappa shape index (κ2) is 5.16. The molecule has 0 aliphatic heterocycles. The Labute approximate surface area is 129 Å². The Morgan fingerprint density at radius 3 is 2.68 bits per heavy atom. The lowest BCUT2D eigenvalue weighted by Gasteiger charge is -2.06. The number of carboxylic acids is 1. The third-order valence-electron chi connectivity index (χ3n) is 3.27. The van der Waals surface area contributed by atoms with Crippen LogP contribution in [0.1, 0.15) is 20.8 Å². The number of rotatable bonds is 3. The highest BCUT2D eigenvalue weighted by atomic mass is 35.5. The summed E-state index contributed by atoms with van der Waals surface area (Å²) in [6.45, 7) is 0. The van der Waals surface area contributed by atoms with Crippen molar-refractivity contribution in [2.45, 2.75) is 0 Å². The van der Waals surface area contributed by atoms with Crippen LogP contribution >= 0.6 is 11.6 Å².